The molecule has 1 aliphatic carbocycles. The van der Waals surface area contributed by atoms with Crippen LogP contribution in [-0.4, -0.2) is 9.78 Å². The van der Waals surface area contributed by atoms with Gasteiger partial charge in [0.05, 0.1) is 33.2 Å². The summed E-state index contributed by atoms with van der Waals surface area (Å²) in [5.41, 5.74) is 11.7. The first-order valence-electron chi connectivity index (χ1n) is 10.3. The molecule has 0 amide bonds. The minimum Gasteiger partial charge on any atom is -0.457 e. The van der Waals surface area contributed by atoms with Crippen LogP contribution in [0.1, 0.15) is 35.0 Å². The Labute approximate surface area is 191 Å². The SMILES string of the molecule is NC(c1ccccc1Oc1ccccc1)c1c2c(nn1-c1cccc(Cl)c1Cl)CCC2. The number of fused-ring (bicyclic) bond motifs is 1. The van der Waals surface area contributed by atoms with Crippen molar-refractivity contribution < 1.29 is 4.74 Å². The fourth-order valence-corrected chi connectivity index (χ4v) is 4.54. The molecule has 4 nitrogen and oxygen atoms in total. The number of aromatic nitrogens is 2. The molecule has 4 aromatic rings. The van der Waals surface area contributed by atoms with Crippen LogP contribution in [0.25, 0.3) is 5.69 Å². The predicted molar refractivity (Wildman–Crippen MR) is 125 cm³/mol. The van der Waals surface area contributed by atoms with E-state index in [4.69, 9.17) is 38.8 Å². The molecule has 5 rings (SSSR count). The number of ether oxygens (including phenoxy) is 1. The van der Waals surface area contributed by atoms with Crippen molar-refractivity contribution in [1.29, 1.82) is 0 Å². The third-order valence-corrected chi connectivity index (χ3v) is 6.43. The number of aryl methyl sites for hydroxylation is 1. The lowest BCUT2D eigenvalue weighted by molar-refractivity contribution is 0.472. The van der Waals surface area contributed by atoms with E-state index in [-0.39, 0.29) is 0 Å². The fraction of sp³-hybridized carbons (Fsp3) is 0.160. The number of para-hydroxylation sites is 2. The lowest BCUT2D eigenvalue weighted by Gasteiger charge is -2.20. The van der Waals surface area contributed by atoms with Gasteiger partial charge in [0.25, 0.3) is 0 Å². The van der Waals surface area contributed by atoms with Gasteiger partial charge in [-0.15, -0.1) is 0 Å². The summed E-state index contributed by atoms with van der Waals surface area (Å²) in [6, 6.07) is 22.7. The Hall–Kier alpha value is -2.79. The molecule has 0 bridgehead atoms. The van der Waals surface area contributed by atoms with E-state index in [0.29, 0.717) is 10.0 Å². The second-order valence-corrected chi connectivity index (χ2v) is 8.36. The van der Waals surface area contributed by atoms with Gasteiger partial charge in [-0.05, 0) is 55.2 Å². The Balaban J connectivity index is 1.63. The van der Waals surface area contributed by atoms with Crippen molar-refractivity contribution in [3.05, 3.63) is 105 Å². The van der Waals surface area contributed by atoms with E-state index in [1.54, 1.807) is 6.07 Å². The van der Waals surface area contributed by atoms with Crippen LogP contribution >= 0.6 is 23.2 Å². The second kappa shape index (κ2) is 8.39. The van der Waals surface area contributed by atoms with E-state index in [1.807, 2.05) is 71.4 Å². The third kappa shape index (κ3) is 3.72. The molecule has 156 valence electrons. The topological polar surface area (TPSA) is 53.1 Å². The van der Waals surface area contributed by atoms with Gasteiger partial charge >= 0.3 is 0 Å². The Morgan fingerprint density at radius 2 is 1.68 bits per heavy atom. The van der Waals surface area contributed by atoms with Crippen molar-refractivity contribution in [3.63, 3.8) is 0 Å². The van der Waals surface area contributed by atoms with Crippen molar-refractivity contribution in [2.45, 2.75) is 25.3 Å². The van der Waals surface area contributed by atoms with Gasteiger partial charge in [0.2, 0.25) is 0 Å². The number of halogens is 2. The summed E-state index contributed by atoms with van der Waals surface area (Å²) in [6.07, 6.45) is 2.95. The number of benzene rings is 3. The highest BCUT2D eigenvalue weighted by atomic mass is 35.5. The van der Waals surface area contributed by atoms with Gasteiger partial charge in [-0.2, -0.15) is 5.10 Å². The highest BCUT2D eigenvalue weighted by Crippen LogP contribution is 2.39. The largest absolute Gasteiger partial charge is 0.457 e. The molecule has 0 saturated heterocycles. The molecule has 1 unspecified atom stereocenters. The molecule has 31 heavy (non-hydrogen) atoms. The van der Waals surface area contributed by atoms with Crippen LogP contribution in [0.5, 0.6) is 11.5 Å². The number of nitrogens with two attached hydrogens (primary N) is 1. The van der Waals surface area contributed by atoms with Gasteiger partial charge in [0.1, 0.15) is 11.5 Å². The van der Waals surface area contributed by atoms with Gasteiger partial charge in [-0.25, -0.2) is 4.68 Å². The van der Waals surface area contributed by atoms with E-state index in [0.717, 1.165) is 53.4 Å². The molecule has 6 heteroatoms. The summed E-state index contributed by atoms with van der Waals surface area (Å²) in [6.45, 7) is 0. The molecule has 0 radical (unpaired) electrons. The van der Waals surface area contributed by atoms with Gasteiger partial charge in [0, 0.05) is 5.56 Å². The zero-order valence-corrected chi connectivity index (χ0v) is 18.3. The summed E-state index contributed by atoms with van der Waals surface area (Å²) in [7, 11) is 0. The zero-order chi connectivity index (χ0) is 21.4. The summed E-state index contributed by atoms with van der Waals surface area (Å²) in [5.74, 6) is 1.48. The highest BCUT2D eigenvalue weighted by Gasteiger charge is 2.29. The molecule has 0 fully saturated rings. The first kappa shape index (κ1) is 20.1. The minimum absolute atomic E-state index is 0.440. The van der Waals surface area contributed by atoms with E-state index >= 15 is 0 Å². The zero-order valence-electron chi connectivity index (χ0n) is 16.8. The predicted octanol–water partition coefficient (Wildman–Crippen LogP) is 6.51. The second-order valence-electron chi connectivity index (χ2n) is 7.58. The first-order chi connectivity index (χ1) is 15.1. The molecule has 3 aromatic carbocycles. The average Bonchev–Trinajstić information content (AvgIpc) is 3.38. The molecule has 1 aromatic heterocycles. The van der Waals surface area contributed by atoms with E-state index in [2.05, 4.69) is 0 Å². The van der Waals surface area contributed by atoms with Gasteiger partial charge in [0.15, 0.2) is 0 Å². The quantitative estimate of drug-likeness (QED) is 0.377. The van der Waals surface area contributed by atoms with Crippen molar-refractivity contribution in [2.24, 2.45) is 5.73 Å². The molecule has 1 atom stereocenters. The highest BCUT2D eigenvalue weighted by molar-refractivity contribution is 6.43. The molecular weight excluding hydrogens is 429 g/mol. The Kier molecular flexibility index (Phi) is 5.45. The summed E-state index contributed by atoms with van der Waals surface area (Å²) < 4.78 is 8.04. The summed E-state index contributed by atoms with van der Waals surface area (Å²) in [5, 5.41) is 5.83. The van der Waals surface area contributed by atoms with Crippen LogP contribution in [0.4, 0.5) is 0 Å². The average molecular weight is 450 g/mol. The van der Waals surface area contributed by atoms with Crippen LogP contribution in [0.2, 0.25) is 10.0 Å². The van der Waals surface area contributed by atoms with Gasteiger partial charge in [-0.3, -0.25) is 0 Å². The Morgan fingerprint density at radius 1 is 0.903 bits per heavy atom. The van der Waals surface area contributed by atoms with Crippen molar-refractivity contribution in [1.82, 2.24) is 9.78 Å². The molecule has 1 aliphatic rings. The first-order valence-corrected chi connectivity index (χ1v) is 11.0. The van der Waals surface area contributed by atoms with Crippen molar-refractivity contribution in [2.75, 3.05) is 0 Å². The summed E-state index contributed by atoms with van der Waals surface area (Å²) >= 11 is 12.9. The molecule has 0 aliphatic heterocycles. The third-order valence-electron chi connectivity index (χ3n) is 5.63. The maximum atomic E-state index is 6.90. The molecule has 2 N–H and O–H groups in total. The normalized spacial score (nSPS) is 13.8. The number of nitrogens with zero attached hydrogens (tertiary/aromatic N) is 2. The van der Waals surface area contributed by atoms with Crippen molar-refractivity contribution in [3.8, 4) is 17.2 Å². The van der Waals surface area contributed by atoms with E-state index in [1.165, 1.54) is 5.56 Å². The maximum Gasteiger partial charge on any atom is 0.132 e. The van der Waals surface area contributed by atoms with Crippen LogP contribution in [0.3, 0.4) is 0 Å². The van der Waals surface area contributed by atoms with Gasteiger partial charge < -0.3 is 10.5 Å². The molecule has 0 spiro atoms. The van der Waals surface area contributed by atoms with Crippen LogP contribution in [0, 0.1) is 0 Å². The van der Waals surface area contributed by atoms with Crippen LogP contribution in [0.15, 0.2) is 72.8 Å². The number of hydrogen-bond donors (Lipinski definition) is 1. The smallest absolute Gasteiger partial charge is 0.132 e. The molecule has 1 heterocycles. The summed E-state index contributed by atoms with van der Waals surface area (Å²) in [4.78, 5) is 0. The monoisotopic (exact) mass is 449 g/mol. The minimum atomic E-state index is -0.440. The molecular formula is C25H21Cl2N3O. The van der Waals surface area contributed by atoms with E-state index < -0.39 is 6.04 Å². The van der Waals surface area contributed by atoms with Crippen molar-refractivity contribution >= 4 is 23.2 Å². The van der Waals surface area contributed by atoms with Crippen LogP contribution < -0.4 is 10.5 Å². The lowest BCUT2D eigenvalue weighted by atomic mass is 9.99. The standard InChI is InChI=1S/C25H21Cl2N3O/c26-19-12-7-14-21(23(19)27)30-25(17-11-6-13-20(17)29-30)24(28)18-10-4-5-15-22(18)31-16-8-2-1-3-9-16/h1-5,7-10,12,14-15,24H,6,11,13,28H2. The Bertz CT molecular complexity index is 1240. The fourth-order valence-electron chi connectivity index (χ4n) is 4.17. The number of rotatable bonds is 5. The van der Waals surface area contributed by atoms with Crippen LogP contribution in [-0.2, 0) is 12.8 Å². The van der Waals surface area contributed by atoms with E-state index in [9.17, 15) is 0 Å². The maximum absolute atomic E-state index is 6.90. The number of hydrogen-bond acceptors (Lipinski definition) is 3. The molecule has 0 saturated carbocycles. The Morgan fingerprint density at radius 3 is 2.52 bits per heavy atom. The lowest BCUT2D eigenvalue weighted by Crippen LogP contribution is -2.19. The van der Waals surface area contributed by atoms with Gasteiger partial charge in [-0.1, -0.05) is 65.7 Å².